The lowest BCUT2D eigenvalue weighted by molar-refractivity contribution is -0.144. The molecule has 0 bridgehead atoms. The summed E-state index contributed by atoms with van der Waals surface area (Å²) in [6.45, 7) is 0.780. The summed E-state index contributed by atoms with van der Waals surface area (Å²) < 4.78 is 4.99. The van der Waals surface area contributed by atoms with E-state index in [1.165, 1.54) is 7.11 Å². The van der Waals surface area contributed by atoms with Crippen molar-refractivity contribution in [3.8, 4) is 0 Å². The Labute approximate surface area is 82.5 Å². The van der Waals surface area contributed by atoms with Crippen molar-refractivity contribution in [3.63, 3.8) is 0 Å². The van der Waals surface area contributed by atoms with Crippen LogP contribution in [-0.4, -0.2) is 34.9 Å². The number of carbonyl (C=O) groups excluding carboxylic acids is 1. The molecule has 68 valence electrons. The molecule has 1 aliphatic rings. The predicted molar refractivity (Wildman–Crippen MR) is 51.7 cm³/mol. The summed E-state index contributed by atoms with van der Waals surface area (Å²) in [7, 11) is 1.38. The molecule has 0 unspecified atom stereocenters. The number of hydrogen-bond donors (Lipinski definition) is 0. The van der Waals surface area contributed by atoms with Crippen molar-refractivity contribution in [1.29, 1.82) is 0 Å². The molecule has 1 heterocycles. The Bertz CT molecular complexity index is 208. The van der Waals surface area contributed by atoms with Crippen LogP contribution in [0, 0.1) is 0 Å². The Balaban J connectivity index is 2.63. The summed E-state index contributed by atoms with van der Waals surface area (Å²) in [5, 5.41) is 0. The van der Waals surface area contributed by atoms with Gasteiger partial charge in [0.15, 0.2) is 0 Å². The van der Waals surface area contributed by atoms with E-state index in [9.17, 15) is 4.79 Å². The molecule has 0 aromatic heterocycles. The smallest absolute Gasteiger partial charge is 0.328 e. The molecule has 3 nitrogen and oxygen atoms in total. The molecule has 1 saturated heterocycles. The minimum absolute atomic E-state index is 0.236. The number of ether oxygens (including phenoxy) is 1. The number of methoxy groups -OCH3 is 1. The van der Waals surface area contributed by atoms with E-state index in [-0.39, 0.29) is 12.0 Å². The summed E-state index contributed by atoms with van der Waals surface area (Å²) in [4.78, 5) is 12.9. The molecule has 0 aliphatic carbocycles. The fourth-order valence-electron chi connectivity index (χ4n) is 1.37. The highest BCUT2D eigenvalue weighted by Gasteiger charge is 2.29. The summed E-state index contributed by atoms with van der Waals surface area (Å²) >= 11 is 9.66. The number of esters is 1. The Morgan fingerprint density at radius 1 is 1.75 bits per heavy atom. The second-order valence-electron chi connectivity index (χ2n) is 2.64. The normalized spacial score (nSPS) is 22.4. The fraction of sp³-hybridized carbons (Fsp3) is 0.714. The van der Waals surface area contributed by atoms with Crippen LogP contribution < -0.4 is 0 Å². The Kier molecular flexibility index (Phi) is 3.22. The second kappa shape index (κ2) is 4.00. The molecule has 5 heteroatoms. The number of likely N-dealkylation sites (tertiary alicyclic amines) is 1. The van der Waals surface area contributed by atoms with Gasteiger partial charge in [-0.25, -0.2) is 4.79 Å². The highest BCUT2D eigenvalue weighted by Crippen LogP contribution is 2.18. The van der Waals surface area contributed by atoms with Gasteiger partial charge in [-0.15, -0.1) is 0 Å². The van der Waals surface area contributed by atoms with Crippen molar-refractivity contribution in [2.45, 2.75) is 18.9 Å². The average Bonchev–Trinajstić information content (AvgIpc) is 2.50. The van der Waals surface area contributed by atoms with Crippen molar-refractivity contribution < 1.29 is 9.53 Å². The maximum atomic E-state index is 11.2. The molecule has 0 amide bonds. The Morgan fingerprint density at radius 2 is 2.42 bits per heavy atom. The number of nitrogens with zero attached hydrogens (tertiary/aromatic N) is 1. The third kappa shape index (κ3) is 1.84. The van der Waals surface area contributed by atoms with Crippen LogP contribution in [0.4, 0.5) is 0 Å². The van der Waals surface area contributed by atoms with Crippen molar-refractivity contribution >= 4 is 35.1 Å². The SMILES string of the molecule is COC(=O)[C@@H]1CCCN1C(=S)[S-]. The van der Waals surface area contributed by atoms with Crippen molar-refractivity contribution in [2.75, 3.05) is 13.7 Å². The number of rotatable bonds is 1. The third-order valence-electron chi connectivity index (χ3n) is 1.96. The van der Waals surface area contributed by atoms with Crippen LogP contribution in [-0.2, 0) is 22.2 Å². The molecule has 0 aromatic rings. The highest BCUT2D eigenvalue weighted by atomic mass is 32.1. The van der Waals surface area contributed by atoms with Crippen molar-refractivity contribution in [3.05, 3.63) is 0 Å². The monoisotopic (exact) mass is 204 g/mol. The minimum atomic E-state index is -0.236. The van der Waals surface area contributed by atoms with Gasteiger partial charge in [-0.3, -0.25) is 0 Å². The largest absolute Gasteiger partial charge is 0.467 e. The first kappa shape index (κ1) is 9.67. The fourth-order valence-corrected chi connectivity index (χ4v) is 1.80. The molecule has 12 heavy (non-hydrogen) atoms. The third-order valence-corrected chi connectivity index (χ3v) is 2.43. The van der Waals surface area contributed by atoms with Crippen LogP contribution in [0.3, 0.4) is 0 Å². The van der Waals surface area contributed by atoms with Gasteiger partial charge < -0.3 is 34.5 Å². The second-order valence-corrected chi connectivity index (χ2v) is 3.67. The first-order valence-electron chi connectivity index (χ1n) is 3.72. The lowest BCUT2D eigenvalue weighted by atomic mass is 10.2. The van der Waals surface area contributed by atoms with E-state index in [0.29, 0.717) is 4.32 Å². The van der Waals surface area contributed by atoms with Crippen LogP contribution in [0.5, 0.6) is 0 Å². The van der Waals surface area contributed by atoms with Gasteiger partial charge >= 0.3 is 5.97 Å². The quantitative estimate of drug-likeness (QED) is 0.351. The molecule has 1 fully saturated rings. The van der Waals surface area contributed by atoms with E-state index in [1.54, 1.807) is 4.90 Å². The lowest BCUT2D eigenvalue weighted by Gasteiger charge is -2.27. The van der Waals surface area contributed by atoms with E-state index < -0.39 is 0 Å². The van der Waals surface area contributed by atoms with E-state index in [0.717, 1.165) is 19.4 Å². The summed E-state index contributed by atoms with van der Waals surface area (Å²) in [5.74, 6) is -0.236. The maximum Gasteiger partial charge on any atom is 0.328 e. The van der Waals surface area contributed by atoms with Crippen LogP contribution in [0.1, 0.15) is 12.8 Å². The lowest BCUT2D eigenvalue weighted by Crippen LogP contribution is -2.39. The average molecular weight is 204 g/mol. The van der Waals surface area contributed by atoms with Gasteiger partial charge in [-0.05, 0) is 12.8 Å². The zero-order valence-electron chi connectivity index (χ0n) is 6.78. The zero-order valence-corrected chi connectivity index (χ0v) is 8.41. The van der Waals surface area contributed by atoms with Gasteiger partial charge in [0.05, 0.1) is 7.11 Å². The van der Waals surface area contributed by atoms with Gasteiger partial charge in [0.2, 0.25) is 0 Å². The van der Waals surface area contributed by atoms with Crippen LogP contribution >= 0.6 is 12.2 Å². The zero-order chi connectivity index (χ0) is 9.14. The first-order chi connectivity index (χ1) is 5.66. The maximum absolute atomic E-state index is 11.2. The molecule has 0 spiro atoms. The molecule has 1 atom stereocenters. The molecule has 1 rings (SSSR count). The molecule has 0 aromatic carbocycles. The summed E-state index contributed by atoms with van der Waals surface area (Å²) in [6, 6.07) is -0.236. The van der Waals surface area contributed by atoms with E-state index in [4.69, 9.17) is 24.8 Å². The standard InChI is InChI=1S/C7H11NO2S2/c1-10-6(9)5-3-2-4-8(5)7(11)12/h5H,2-4H2,1H3,(H,11,12)/p-1/t5-/m0/s1. The van der Waals surface area contributed by atoms with Crippen molar-refractivity contribution in [1.82, 2.24) is 4.90 Å². The first-order valence-corrected chi connectivity index (χ1v) is 4.54. The van der Waals surface area contributed by atoms with Gasteiger partial charge in [0, 0.05) is 6.54 Å². The molecule has 0 saturated carbocycles. The van der Waals surface area contributed by atoms with Crippen LogP contribution in [0.15, 0.2) is 0 Å². The van der Waals surface area contributed by atoms with Gasteiger partial charge in [0.25, 0.3) is 0 Å². The van der Waals surface area contributed by atoms with E-state index in [1.807, 2.05) is 0 Å². The number of thiocarbonyl (C=S) groups is 1. The van der Waals surface area contributed by atoms with Crippen molar-refractivity contribution in [2.24, 2.45) is 0 Å². The molecular weight excluding hydrogens is 194 g/mol. The Morgan fingerprint density at radius 3 is 2.92 bits per heavy atom. The van der Waals surface area contributed by atoms with Gasteiger partial charge in [0.1, 0.15) is 6.04 Å². The van der Waals surface area contributed by atoms with E-state index >= 15 is 0 Å². The topological polar surface area (TPSA) is 29.5 Å². The molecular formula is C7H10NO2S2-. The summed E-state index contributed by atoms with van der Waals surface area (Å²) in [6.07, 6.45) is 1.75. The van der Waals surface area contributed by atoms with Crippen LogP contribution in [0.2, 0.25) is 0 Å². The minimum Gasteiger partial charge on any atom is -0.467 e. The highest BCUT2D eigenvalue weighted by molar-refractivity contribution is 8.00. The van der Waals surface area contributed by atoms with E-state index in [2.05, 4.69) is 4.74 Å². The van der Waals surface area contributed by atoms with Gasteiger partial charge in [-0.2, -0.15) is 0 Å². The Hall–Kier alpha value is -0.420. The predicted octanol–water partition coefficient (Wildman–Crippen LogP) is 0.456. The number of carbonyl (C=O) groups is 1. The van der Waals surface area contributed by atoms with Gasteiger partial charge in [-0.1, -0.05) is 4.32 Å². The number of hydrogen-bond acceptors (Lipinski definition) is 4. The molecule has 0 radical (unpaired) electrons. The summed E-state index contributed by atoms with van der Waals surface area (Å²) in [5.41, 5.74) is 0. The molecule has 1 aliphatic heterocycles. The van der Waals surface area contributed by atoms with Crippen LogP contribution in [0.25, 0.3) is 0 Å². The molecule has 0 N–H and O–H groups in total.